The minimum atomic E-state index is -0.838. The molecule has 1 amide bonds. The van der Waals surface area contributed by atoms with Crippen LogP contribution in [-0.2, 0) is 16.1 Å². The van der Waals surface area contributed by atoms with Crippen LogP contribution in [0.5, 0.6) is 0 Å². The number of nitrogens with zero attached hydrogens (tertiary/aromatic N) is 1. The number of anilines is 1. The number of benzene rings is 2. The molecule has 0 saturated carbocycles. The fourth-order valence-corrected chi connectivity index (χ4v) is 3.21. The number of rotatable bonds is 7. The van der Waals surface area contributed by atoms with E-state index in [1.54, 1.807) is 19.9 Å². The topological polar surface area (TPSA) is 60.3 Å². The number of nitrogens with one attached hydrogen (secondary N) is 1. The van der Waals surface area contributed by atoms with Crippen molar-refractivity contribution in [3.8, 4) is 11.3 Å². The molecule has 0 bridgehead atoms. The lowest BCUT2D eigenvalue weighted by Gasteiger charge is -2.13. The van der Waals surface area contributed by atoms with Crippen molar-refractivity contribution in [3.63, 3.8) is 0 Å². The van der Waals surface area contributed by atoms with Crippen LogP contribution in [0.2, 0.25) is 0 Å². The van der Waals surface area contributed by atoms with E-state index in [4.69, 9.17) is 4.74 Å². The SMILES string of the molecule is CCOC(=O)c1cc(-c2ccccc2)n(CCC(=O)Nc2ccc(F)cc2F)c1C. The van der Waals surface area contributed by atoms with Crippen LogP contribution in [0.1, 0.15) is 29.4 Å². The van der Waals surface area contributed by atoms with Gasteiger partial charge in [-0.1, -0.05) is 30.3 Å². The average molecular weight is 412 g/mol. The van der Waals surface area contributed by atoms with Crippen LogP contribution >= 0.6 is 0 Å². The number of esters is 1. The molecular formula is C23H22F2N2O3. The van der Waals surface area contributed by atoms with Gasteiger partial charge in [0, 0.05) is 30.4 Å². The molecule has 0 aliphatic carbocycles. The van der Waals surface area contributed by atoms with Crippen LogP contribution in [0.15, 0.2) is 54.6 Å². The Morgan fingerprint density at radius 2 is 1.80 bits per heavy atom. The zero-order chi connectivity index (χ0) is 21.7. The fraction of sp³-hybridized carbons (Fsp3) is 0.217. The minimum Gasteiger partial charge on any atom is -0.462 e. The predicted octanol–water partition coefficient (Wildman–Crippen LogP) is 4.95. The Morgan fingerprint density at radius 3 is 2.47 bits per heavy atom. The van der Waals surface area contributed by atoms with E-state index in [0.29, 0.717) is 17.3 Å². The predicted molar refractivity (Wildman–Crippen MR) is 110 cm³/mol. The number of aromatic nitrogens is 1. The molecular weight excluding hydrogens is 390 g/mol. The van der Waals surface area contributed by atoms with Crippen LogP contribution in [0.25, 0.3) is 11.3 Å². The molecule has 0 aliphatic rings. The van der Waals surface area contributed by atoms with Gasteiger partial charge in [0.15, 0.2) is 0 Å². The van der Waals surface area contributed by atoms with Crippen molar-refractivity contribution in [2.75, 3.05) is 11.9 Å². The number of halogens is 2. The maximum Gasteiger partial charge on any atom is 0.339 e. The maximum atomic E-state index is 13.8. The summed E-state index contributed by atoms with van der Waals surface area (Å²) >= 11 is 0. The van der Waals surface area contributed by atoms with Gasteiger partial charge in [0.1, 0.15) is 11.6 Å². The van der Waals surface area contributed by atoms with Gasteiger partial charge >= 0.3 is 5.97 Å². The quantitative estimate of drug-likeness (QED) is 0.559. The third-order valence-electron chi connectivity index (χ3n) is 4.70. The molecule has 0 atom stereocenters. The van der Waals surface area contributed by atoms with Crippen LogP contribution in [-0.4, -0.2) is 23.1 Å². The van der Waals surface area contributed by atoms with Crippen LogP contribution in [0.4, 0.5) is 14.5 Å². The first-order chi connectivity index (χ1) is 14.4. The van der Waals surface area contributed by atoms with Crippen molar-refractivity contribution in [3.05, 3.63) is 77.5 Å². The summed E-state index contributed by atoms with van der Waals surface area (Å²) in [5.41, 5.74) is 2.69. The average Bonchev–Trinajstić information content (AvgIpc) is 3.06. The highest BCUT2D eigenvalue weighted by Crippen LogP contribution is 2.27. The molecule has 0 aliphatic heterocycles. The van der Waals surface area contributed by atoms with Crippen LogP contribution in [0.3, 0.4) is 0 Å². The van der Waals surface area contributed by atoms with Crippen molar-refractivity contribution in [2.45, 2.75) is 26.8 Å². The van der Waals surface area contributed by atoms with E-state index in [0.717, 1.165) is 17.3 Å². The third kappa shape index (κ3) is 4.74. The molecule has 1 heterocycles. The van der Waals surface area contributed by atoms with Gasteiger partial charge in [-0.05, 0) is 37.6 Å². The normalized spacial score (nSPS) is 10.7. The van der Waals surface area contributed by atoms with E-state index in [1.807, 2.05) is 34.9 Å². The van der Waals surface area contributed by atoms with Gasteiger partial charge < -0.3 is 14.6 Å². The molecule has 0 fully saturated rings. The van der Waals surface area contributed by atoms with Crippen LogP contribution < -0.4 is 5.32 Å². The van der Waals surface area contributed by atoms with E-state index < -0.39 is 23.5 Å². The monoisotopic (exact) mass is 412 g/mol. The third-order valence-corrected chi connectivity index (χ3v) is 4.70. The van der Waals surface area contributed by atoms with E-state index in [2.05, 4.69) is 5.32 Å². The van der Waals surface area contributed by atoms with Gasteiger partial charge in [0.25, 0.3) is 0 Å². The van der Waals surface area contributed by atoms with E-state index in [1.165, 1.54) is 6.07 Å². The second kappa shape index (κ2) is 9.35. The standard InChI is InChI=1S/C23H22F2N2O3/c1-3-30-23(29)18-14-21(16-7-5-4-6-8-16)27(15(18)2)12-11-22(28)26-20-10-9-17(24)13-19(20)25/h4-10,13-14H,3,11-12H2,1-2H3,(H,26,28). The highest BCUT2D eigenvalue weighted by Gasteiger charge is 2.20. The highest BCUT2D eigenvalue weighted by molar-refractivity contribution is 5.93. The van der Waals surface area contributed by atoms with Gasteiger partial charge in [-0.3, -0.25) is 4.79 Å². The Hall–Kier alpha value is -3.48. The molecule has 7 heteroatoms. The Balaban J connectivity index is 1.83. The number of hydrogen-bond acceptors (Lipinski definition) is 3. The summed E-state index contributed by atoms with van der Waals surface area (Å²) in [6.07, 6.45) is 0.0361. The van der Waals surface area contributed by atoms with Crippen molar-refractivity contribution in [1.29, 1.82) is 0 Å². The molecule has 2 aromatic carbocycles. The molecule has 30 heavy (non-hydrogen) atoms. The zero-order valence-corrected chi connectivity index (χ0v) is 16.7. The minimum absolute atomic E-state index is 0.0361. The van der Waals surface area contributed by atoms with Crippen molar-refractivity contribution in [2.24, 2.45) is 0 Å². The summed E-state index contributed by atoms with van der Waals surface area (Å²) < 4.78 is 33.8. The van der Waals surface area contributed by atoms with Gasteiger partial charge in [0.05, 0.1) is 17.9 Å². The maximum absolute atomic E-state index is 13.8. The molecule has 5 nitrogen and oxygen atoms in total. The zero-order valence-electron chi connectivity index (χ0n) is 16.7. The molecule has 0 radical (unpaired) electrons. The number of carbonyl (C=O) groups is 2. The molecule has 156 valence electrons. The van der Waals surface area contributed by atoms with Crippen LogP contribution in [0, 0.1) is 18.6 Å². The summed E-state index contributed by atoms with van der Waals surface area (Å²) in [4.78, 5) is 24.7. The largest absolute Gasteiger partial charge is 0.462 e. The van der Waals surface area contributed by atoms with E-state index in [9.17, 15) is 18.4 Å². The Morgan fingerprint density at radius 1 is 1.07 bits per heavy atom. The number of amides is 1. The lowest BCUT2D eigenvalue weighted by Crippen LogP contribution is -2.16. The van der Waals surface area contributed by atoms with Crippen molar-refractivity contribution >= 4 is 17.6 Å². The summed E-state index contributed by atoms with van der Waals surface area (Å²) in [7, 11) is 0. The second-order valence-corrected chi connectivity index (χ2v) is 6.69. The highest BCUT2D eigenvalue weighted by atomic mass is 19.1. The summed E-state index contributed by atoms with van der Waals surface area (Å²) in [6.45, 7) is 4.05. The van der Waals surface area contributed by atoms with Gasteiger partial charge in [-0.15, -0.1) is 0 Å². The van der Waals surface area contributed by atoms with E-state index >= 15 is 0 Å². The number of carbonyl (C=O) groups excluding carboxylic acids is 2. The van der Waals surface area contributed by atoms with Crippen molar-refractivity contribution < 1.29 is 23.1 Å². The van der Waals surface area contributed by atoms with Crippen molar-refractivity contribution in [1.82, 2.24) is 4.57 Å². The molecule has 0 unspecified atom stereocenters. The summed E-state index contributed by atoms with van der Waals surface area (Å²) in [6, 6.07) is 14.2. The van der Waals surface area contributed by atoms with Gasteiger partial charge in [-0.25, -0.2) is 13.6 Å². The number of ether oxygens (including phenoxy) is 1. The first-order valence-corrected chi connectivity index (χ1v) is 9.58. The van der Waals surface area contributed by atoms with E-state index in [-0.39, 0.29) is 25.3 Å². The molecule has 1 aromatic heterocycles. The lowest BCUT2D eigenvalue weighted by atomic mass is 10.1. The summed E-state index contributed by atoms with van der Waals surface area (Å²) in [5, 5.41) is 2.45. The van der Waals surface area contributed by atoms with Gasteiger partial charge in [0.2, 0.25) is 5.91 Å². The Kier molecular flexibility index (Phi) is 6.61. The second-order valence-electron chi connectivity index (χ2n) is 6.69. The lowest BCUT2D eigenvalue weighted by molar-refractivity contribution is -0.116. The fourth-order valence-electron chi connectivity index (χ4n) is 3.21. The first kappa shape index (κ1) is 21.2. The smallest absolute Gasteiger partial charge is 0.339 e. The molecule has 1 N–H and O–H groups in total. The molecule has 0 saturated heterocycles. The Labute approximate surface area is 173 Å². The number of hydrogen-bond donors (Lipinski definition) is 1. The molecule has 3 rings (SSSR count). The Bertz CT molecular complexity index is 1060. The molecule has 3 aromatic rings. The summed E-state index contributed by atoms with van der Waals surface area (Å²) in [5.74, 6) is -2.41. The first-order valence-electron chi connectivity index (χ1n) is 9.58. The molecule has 0 spiro atoms. The van der Waals surface area contributed by atoms with Gasteiger partial charge in [-0.2, -0.15) is 0 Å².